The molecule has 0 saturated carbocycles. The van der Waals surface area contributed by atoms with Crippen LogP contribution in [0, 0.1) is 5.92 Å². The molecule has 1 aromatic rings. The third-order valence-electron chi connectivity index (χ3n) is 2.84. The highest BCUT2D eigenvalue weighted by atomic mass is 35.5. The van der Waals surface area contributed by atoms with E-state index in [9.17, 15) is 0 Å². The molecule has 1 unspecified atom stereocenters. The second kappa shape index (κ2) is 4.86. The molecule has 1 aliphatic heterocycles. The molecule has 2 nitrogen and oxygen atoms in total. The standard InChI is InChI=1S/C12H17ClN2/c1-2-14-7-9-5-10-3-4-11(13)6-12(10)15-8-9/h3-4,6,9,14-15H,2,5,7-8H2,1H3. The lowest BCUT2D eigenvalue weighted by Crippen LogP contribution is -2.32. The molecule has 0 aliphatic carbocycles. The summed E-state index contributed by atoms with van der Waals surface area (Å²) in [6.07, 6.45) is 1.15. The topological polar surface area (TPSA) is 24.1 Å². The molecule has 0 amide bonds. The van der Waals surface area contributed by atoms with E-state index in [0.717, 1.165) is 31.1 Å². The molecule has 15 heavy (non-hydrogen) atoms. The van der Waals surface area contributed by atoms with Gasteiger partial charge in [0.15, 0.2) is 0 Å². The smallest absolute Gasteiger partial charge is 0.0426 e. The molecule has 2 rings (SSSR count). The van der Waals surface area contributed by atoms with Gasteiger partial charge in [0, 0.05) is 17.3 Å². The first-order chi connectivity index (χ1) is 7.29. The van der Waals surface area contributed by atoms with Crippen molar-refractivity contribution in [2.24, 2.45) is 5.92 Å². The summed E-state index contributed by atoms with van der Waals surface area (Å²) in [7, 11) is 0. The maximum absolute atomic E-state index is 5.94. The van der Waals surface area contributed by atoms with Crippen molar-refractivity contribution in [1.29, 1.82) is 0 Å². The molecule has 0 fully saturated rings. The van der Waals surface area contributed by atoms with Crippen molar-refractivity contribution >= 4 is 17.3 Å². The monoisotopic (exact) mass is 224 g/mol. The fourth-order valence-corrected chi connectivity index (χ4v) is 2.19. The molecular formula is C12H17ClN2. The van der Waals surface area contributed by atoms with E-state index in [4.69, 9.17) is 11.6 Å². The van der Waals surface area contributed by atoms with Crippen LogP contribution in [0.15, 0.2) is 18.2 Å². The number of hydrogen-bond donors (Lipinski definition) is 2. The van der Waals surface area contributed by atoms with Gasteiger partial charge in [-0.2, -0.15) is 0 Å². The van der Waals surface area contributed by atoms with Crippen molar-refractivity contribution in [2.75, 3.05) is 25.0 Å². The lowest BCUT2D eigenvalue weighted by molar-refractivity contribution is 0.492. The minimum absolute atomic E-state index is 0.693. The average molecular weight is 225 g/mol. The number of nitrogens with one attached hydrogen (secondary N) is 2. The van der Waals surface area contributed by atoms with E-state index < -0.39 is 0 Å². The Bertz CT molecular complexity index is 338. The second-order valence-electron chi connectivity index (χ2n) is 4.06. The molecule has 0 saturated heterocycles. The lowest BCUT2D eigenvalue weighted by atomic mass is 9.94. The number of anilines is 1. The summed E-state index contributed by atoms with van der Waals surface area (Å²) in [6, 6.07) is 6.11. The second-order valence-corrected chi connectivity index (χ2v) is 4.50. The Kier molecular flexibility index (Phi) is 3.49. The Balaban J connectivity index is 2.03. The fourth-order valence-electron chi connectivity index (χ4n) is 2.02. The highest BCUT2D eigenvalue weighted by molar-refractivity contribution is 6.30. The summed E-state index contributed by atoms with van der Waals surface area (Å²) in [5.41, 5.74) is 2.59. The normalized spacial score (nSPS) is 19.5. The molecule has 0 spiro atoms. The number of hydrogen-bond acceptors (Lipinski definition) is 2. The van der Waals surface area contributed by atoms with Crippen LogP contribution in [0.25, 0.3) is 0 Å². The molecule has 3 heteroatoms. The van der Waals surface area contributed by atoms with E-state index in [1.807, 2.05) is 12.1 Å². The Morgan fingerprint density at radius 2 is 2.40 bits per heavy atom. The largest absolute Gasteiger partial charge is 0.384 e. The first-order valence-electron chi connectivity index (χ1n) is 5.52. The third-order valence-corrected chi connectivity index (χ3v) is 3.08. The van der Waals surface area contributed by atoms with Crippen molar-refractivity contribution in [3.63, 3.8) is 0 Å². The van der Waals surface area contributed by atoms with E-state index in [2.05, 4.69) is 23.6 Å². The van der Waals surface area contributed by atoms with Gasteiger partial charge in [0.25, 0.3) is 0 Å². The van der Waals surface area contributed by atoms with Crippen molar-refractivity contribution in [3.8, 4) is 0 Å². The van der Waals surface area contributed by atoms with Crippen LogP contribution in [0.4, 0.5) is 5.69 Å². The van der Waals surface area contributed by atoms with Gasteiger partial charge in [-0.05, 0) is 43.1 Å². The molecule has 0 aromatic heterocycles. The Morgan fingerprint density at radius 1 is 1.53 bits per heavy atom. The van der Waals surface area contributed by atoms with Crippen LogP contribution >= 0.6 is 11.6 Å². The van der Waals surface area contributed by atoms with Gasteiger partial charge in [-0.15, -0.1) is 0 Å². The highest BCUT2D eigenvalue weighted by Crippen LogP contribution is 2.27. The van der Waals surface area contributed by atoms with Crippen molar-refractivity contribution < 1.29 is 0 Å². The molecule has 0 radical (unpaired) electrons. The SMILES string of the molecule is CCNCC1CNc2cc(Cl)ccc2C1. The van der Waals surface area contributed by atoms with Crippen molar-refractivity contribution in [1.82, 2.24) is 5.32 Å². The Hall–Kier alpha value is -0.730. The molecular weight excluding hydrogens is 208 g/mol. The molecule has 1 aromatic carbocycles. The van der Waals surface area contributed by atoms with Crippen LogP contribution < -0.4 is 10.6 Å². The van der Waals surface area contributed by atoms with Crippen LogP contribution in [-0.4, -0.2) is 19.6 Å². The zero-order chi connectivity index (χ0) is 10.7. The summed E-state index contributed by atoms with van der Waals surface area (Å²) < 4.78 is 0. The van der Waals surface area contributed by atoms with Gasteiger partial charge in [-0.25, -0.2) is 0 Å². The van der Waals surface area contributed by atoms with Gasteiger partial charge in [0.1, 0.15) is 0 Å². The molecule has 2 N–H and O–H groups in total. The predicted molar refractivity (Wildman–Crippen MR) is 65.7 cm³/mol. The molecule has 1 heterocycles. The molecule has 1 atom stereocenters. The van der Waals surface area contributed by atoms with Gasteiger partial charge in [0.2, 0.25) is 0 Å². The number of rotatable bonds is 3. The Morgan fingerprint density at radius 3 is 3.20 bits per heavy atom. The quantitative estimate of drug-likeness (QED) is 0.825. The van der Waals surface area contributed by atoms with Crippen LogP contribution in [0.5, 0.6) is 0 Å². The minimum atomic E-state index is 0.693. The summed E-state index contributed by atoms with van der Waals surface area (Å²) in [5, 5.41) is 7.64. The van der Waals surface area contributed by atoms with Crippen LogP contribution in [0.1, 0.15) is 12.5 Å². The van der Waals surface area contributed by atoms with E-state index in [0.29, 0.717) is 5.92 Å². The molecule has 0 bridgehead atoms. The summed E-state index contributed by atoms with van der Waals surface area (Å²) >= 11 is 5.94. The Labute approximate surface area is 96.0 Å². The van der Waals surface area contributed by atoms with Crippen molar-refractivity contribution in [2.45, 2.75) is 13.3 Å². The maximum Gasteiger partial charge on any atom is 0.0426 e. The number of fused-ring (bicyclic) bond motifs is 1. The zero-order valence-corrected chi connectivity index (χ0v) is 9.77. The number of benzene rings is 1. The van der Waals surface area contributed by atoms with Crippen LogP contribution in [0.2, 0.25) is 5.02 Å². The number of halogens is 1. The molecule has 82 valence electrons. The zero-order valence-electron chi connectivity index (χ0n) is 9.02. The van der Waals surface area contributed by atoms with E-state index >= 15 is 0 Å². The molecule has 1 aliphatic rings. The van der Waals surface area contributed by atoms with E-state index in [-0.39, 0.29) is 0 Å². The van der Waals surface area contributed by atoms with Gasteiger partial charge in [-0.3, -0.25) is 0 Å². The maximum atomic E-state index is 5.94. The summed E-state index contributed by atoms with van der Waals surface area (Å²) in [6.45, 7) is 5.32. The van der Waals surface area contributed by atoms with Crippen LogP contribution in [0.3, 0.4) is 0 Å². The first kappa shape index (κ1) is 10.8. The summed E-state index contributed by atoms with van der Waals surface area (Å²) in [5.74, 6) is 0.693. The highest BCUT2D eigenvalue weighted by Gasteiger charge is 2.17. The summed E-state index contributed by atoms with van der Waals surface area (Å²) in [4.78, 5) is 0. The van der Waals surface area contributed by atoms with Gasteiger partial charge >= 0.3 is 0 Å². The average Bonchev–Trinajstić information content (AvgIpc) is 2.26. The minimum Gasteiger partial charge on any atom is -0.384 e. The van der Waals surface area contributed by atoms with E-state index in [1.54, 1.807) is 0 Å². The van der Waals surface area contributed by atoms with Gasteiger partial charge in [0.05, 0.1) is 0 Å². The van der Waals surface area contributed by atoms with Gasteiger partial charge < -0.3 is 10.6 Å². The van der Waals surface area contributed by atoms with Crippen molar-refractivity contribution in [3.05, 3.63) is 28.8 Å². The van der Waals surface area contributed by atoms with E-state index in [1.165, 1.54) is 11.3 Å². The fraction of sp³-hybridized carbons (Fsp3) is 0.500. The van der Waals surface area contributed by atoms with Gasteiger partial charge in [-0.1, -0.05) is 24.6 Å². The third kappa shape index (κ3) is 2.64. The predicted octanol–water partition coefficient (Wildman–Crippen LogP) is 2.53. The first-order valence-corrected chi connectivity index (χ1v) is 5.90. The lowest BCUT2D eigenvalue weighted by Gasteiger charge is -2.26. The van der Waals surface area contributed by atoms with Crippen LogP contribution in [-0.2, 0) is 6.42 Å².